The fraction of sp³-hybridized carbons (Fsp3) is 0.333. The quantitative estimate of drug-likeness (QED) is 0.669. The van der Waals surface area contributed by atoms with Crippen LogP contribution in [0.15, 0.2) is 30.3 Å². The van der Waals surface area contributed by atoms with Crippen molar-refractivity contribution in [3.8, 4) is 0 Å². The molecule has 0 saturated carbocycles. The van der Waals surface area contributed by atoms with Gasteiger partial charge in [-0.3, -0.25) is 0 Å². The summed E-state index contributed by atoms with van der Waals surface area (Å²) >= 11 is 1.93. The monoisotopic (exact) mass is 190 g/mol. The second-order valence-electron chi connectivity index (χ2n) is 3.85. The highest BCUT2D eigenvalue weighted by Gasteiger charge is 2.02. The Balaban J connectivity index is 2.38. The standard InChI is InChI=1S/C12H14S/c1-9(2)7-11-8-10-5-3-4-6-12(10)13-11/h3-6,8-9H,7H2,1-2H3. The van der Waals surface area contributed by atoms with E-state index in [1.165, 1.54) is 21.4 Å². The van der Waals surface area contributed by atoms with Crippen LogP contribution in [0, 0.1) is 5.92 Å². The zero-order valence-electron chi connectivity index (χ0n) is 8.08. The zero-order chi connectivity index (χ0) is 9.26. The van der Waals surface area contributed by atoms with Crippen molar-refractivity contribution in [1.82, 2.24) is 0 Å². The van der Waals surface area contributed by atoms with Crippen molar-refractivity contribution >= 4 is 21.4 Å². The Morgan fingerprint density at radius 2 is 2.00 bits per heavy atom. The lowest BCUT2D eigenvalue weighted by Crippen LogP contribution is -1.89. The lowest BCUT2D eigenvalue weighted by atomic mass is 10.1. The van der Waals surface area contributed by atoms with Crippen molar-refractivity contribution in [2.45, 2.75) is 20.3 Å². The van der Waals surface area contributed by atoms with Crippen LogP contribution >= 0.6 is 11.3 Å². The van der Waals surface area contributed by atoms with Gasteiger partial charge in [-0.15, -0.1) is 11.3 Å². The molecule has 0 spiro atoms. The summed E-state index contributed by atoms with van der Waals surface area (Å²) in [6, 6.07) is 10.9. The maximum atomic E-state index is 2.32. The number of benzene rings is 1. The second kappa shape index (κ2) is 3.51. The minimum absolute atomic E-state index is 0.757. The van der Waals surface area contributed by atoms with Crippen LogP contribution in [0.4, 0.5) is 0 Å². The molecule has 0 amide bonds. The minimum Gasteiger partial charge on any atom is -0.140 e. The molecule has 0 radical (unpaired) electrons. The fourth-order valence-corrected chi connectivity index (χ4v) is 2.82. The molecule has 13 heavy (non-hydrogen) atoms. The highest BCUT2D eigenvalue weighted by atomic mass is 32.1. The molecular formula is C12H14S. The van der Waals surface area contributed by atoms with Crippen LogP contribution in [-0.2, 0) is 6.42 Å². The Morgan fingerprint density at radius 1 is 1.23 bits per heavy atom. The smallest absolute Gasteiger partial charge is 0.0345 e. The van der Waals surface area contributed by atoms with E-state index in [4.69, 9.17) is 0 Å². The number of fused-ring (bicyclic) bond motifs is 1. The summed E-state index contributed by atoms with van der Waals surface area (Å²) in [5.74, 6) is 0.757. The molecular weight excluding hydrogens is 176 g/mol. The van der Waals surface area contributed by atoms with Crippen LogP contribution in [0.25, 0.3) is 10.1 Å². The van der Waals surface area contributed by atoms with Crippen molar-refractivity contribution in [2.24, 2.45) is 5.92 Å². The summed E-state index contributed by atoms with van der Waals surface area (Å²) in [5.41, 5.74) is 0. The van der Waals surface area contributed by atoms with Gasteiger partial charge in [0.05, 0.1) is 0 Å². The predicted octanol–water partition coefficient (Wildman–Crippen LogP) is 4.10. The number of thiophene rings is 1. The van der Waals surface area contributed by atoms with Gasteiger partial charge in [0.2, 0.25) is 0 Å². The number of hydrogen-bond acceptors (Lipinski definition) is 1. The first-order valence-electron chi connectivity index (χ1n) is 4.73. The van der Waals surface area contributed by atoms with E-state index in [2.05, 4.69) is 44.2 Å². The molecule has 0 bridgehead atoms. The summed E-state index contributed by atoms with van der Waals surface area (Å²) in [6.07, 6.45) is 1.21. The molecule has 68 valence electrons. The largest absolute Gasteiger partial charge is 0.140 e. The van der Waals surface area contributed by atoms with E-state index in [0.717, 1.165) is 5.92 Å². The molecule has 0 aliphatic rings. The zero-order valence-corrected chi connectivity index (χ0v) is 8.90. The highest BCUT2D eigenvalue weighted by molar-refractivity contribution is 7.19. The summed E-state index contributed by atoms with van der Waals surface area (Å²) < 4.78 is 1.41. The van der Waals surface area contributed by atoms with E-state index in [9.17, 15) is 0 Å². The van der Waals surface area contributed by atoms with Gasteiger partial charge in [-0.2, -0.15) is 0 Å². The molecule has 2 rings (SSSR count). The van der Waals surface area contributed by atoms with E-state index in [1.54, 1.807) is 0 Å². The van der Waals surface area contributed by atoms with Gasteiger partial charge in [-0.25, -0.2) is 0 Å². The topological polar surface area (TPSA) is 0 Å². The molecule has 1 aromatic carbocycles. The summed E-state index contributed by atoms with van der Waals surface area (Å²) in [7, 11) is 0. The van der Waals surface area contributed by atoms with Crippen molar-refractivity contribution in [2.75, 3.05) is 0 Å². The van der Waals surface area contributed by atoms with Crippen LogP contribution in [-0.4, -0.2) is 0 Å². The Kier molecular flexibility index (Phi) is 2.36. The van der Waals surface area contributed by atoms with Crippen LogP contribution in [0.3, 0.4) is 0 Å². The lowest BCUT2D eigenvalue weighted by Gasteiger charge is -1.98. The third kappa shape index (κ3) is 1.92. The predicted molar refractivity (Wildman–Crippen MR) is 60.4 cm³/mol. The third-order valence-corrected chi connectivity index (χ3v) is 3.22. The maximum absolute atomic E-state index is 2.32. The fourth-order valence-electron chi connectivity index (χ4n) is 1.54. The van der Waals surface area contributed by atoms with Crippen molar-refractivity contribution < 1.29 is 0 Å². The van der Waals surface area contributed by atoms with E-state index >= 15 is 0 Å². The molecule has 0 unspecified atom stereocenters. The van der Waals surface area contributed by atoms with Crippen LogP contribution in [0.5, 0.6) is 0 Å². The van der Waals surface area contributed by atoms with Gasteiger partial charge in [0.1, 0.15) is 0 Å². The SMILES string of the molecule is CC(C)Cc1cc2ccccc2s1. The molecule has 0 aliphatic heterocycles. The van der Waals surface area contributed by atoms with Crippen molar-refractivity contribution in [3.63, 3.8) is 0 Å². The second-order valence-corrected chi connectivity index (χ2v) is 5.02. The Morgan fingerprint density at radius 3 is 2.69 bits per heavy atom. The molecule has 0 nitrogen and oxygen atoms in total. The number of hydrogen-bond donors (Lipinski definition) is 0. The first kappa shape index (κ1) is 8.76. The van der Waals surface area contributed by atoms with E-state index < -0.39 is 0 Å². The van der Waals surface area contributed by atoms with Gasteiger partial charge >= 0.3 is 0 Å². The van der Waals surface area contributed by atoms with E-state index in [0.29, 0.717) is 0 Å². The van der Waals surface area contributed by atoms with Crippen molar-refractivity contribution in [3.05, 3.63) is 35.2 Å². The Labute approximate surface area is 83.2 Å². The Hall–Kier alpha value is -0.820. The molecule has 0 atom stereocenters. The number of rotatable bonds is 2. The summed E-state index contributed by atoms with van der Waals surface area (Å²) in [5, 5.41) is 1.39. The van der Waals surface area contributed by atoms with Gasteiger partial charge < -0.3 is 0 Å². The molecule has 0 N–H and O–H groups in total. The average molecular weight is 190 g/mol. The van der Waals surface area contributed by atoms with Crippen LogP contribution < -0.4 is 0 Å². The Bertz CT molecular complexity index is 365. The van der Waals surface area contributed by atoms with Gasteiger partial charge in [0.15, 0.2) is 0 Å². The average Bonchev–Trinajstić information content (AvgIpc) is 2.44. The molecule has 0 fully saturated rings. The summed E-state index contributed by atoms with van der Waals surface area (Å²) in [4.78, 5) is 1.51. The normalized spacial score (nSPS) is 11.3. The highest BCUT2D eigenvalue weighted by Crippen LogP contribution is 2.26. The molecule has 0 saturated heterocycles. The first-order valence-corrected chi connectivity index (χ1v) is 5.55. The molecule has 0 aliphatic carbocycles. The molecule has 1 heterocycles. The van der Waals surface area contributed by atoms with Gasteiger partial charge in [-0.05, 0) is 29.9 Å². The van der Waals surface area contributed by atoms with Crippen LogP contribution in [0.1, 0.15) is 18.7 Å². The first-order chi connectivity index (χ1) is 6.25. The van der Waals surface area contributed by atoms with E-state index in [-0.39, 0.29) is 0 Å². The summed E-state index contributed by atoms with van der Waals surface area (Å²) in [6.45, 7) is 4.54. The van der Waals surface area contributed by atoms with Crippen LogP contribution in [0.2, 0.25) is 0 Å². The minimum atomic E-state index is 0.757. The van der Waals surface area contributed by atoms with Gasteiger partial charge in [0, 0.05) is 9.58 Å². The third-order valence-electron chi connectivity index (χ3n) is 2.09. The molecule has 1 aromatic heterocycles. The molecule has 1 heteroatoms. The van der Waals surface area contributed by atoms with Gasteiger partial charge in [0.25, 0.3) is 0 Å². The lowest BCUT2D eigenvalue weighted by molar-refractivity contribution is 0.654. The molecule has 2 aromatic rings. The van der Waals surface area contributed by atoms with E-state index in [1.807, 2.05) is 11.3 Å². The van der Waals surface area contributed by atoms with Crippen molar-refractivity contribution in [1.29, 1.82) is 0 Å². The maximum Gasteiger partial charge on any atom is 0.0345 e. The van der Waals surface area contributed by atoms with Gasteiger partial charge in [-0.1, -0.05) is 32.0 Å².